The summed E-state index contributed by atoms with van der Waals surface area (Å²) < 4.78 is 0. The molecule has 0 aliphatic rings. The van der Waals surface area contributed by atoms with Gasteiger partial charge in [0.25, 0.3) is 0 Å². The van der Waals surface area contributed by atoms with Gasteiger partial charge in [-0.1, -0.05) is 53.7 Å². The van der Waals surface area contributed by atoms with E-state index in [1.54, 1.807) is 0 Å². The maximum atomic E-state index is 10.7. The molecule has 1 N–H and O–H groups in total. The quantitative estimate of drug-likeness (QED) is 0.747. The number of rotatable bonds is 6. The first kappa shape index (κ1) is 15.7. The average Bonchev–Trinajstić information content (AvgIpc) is 2.38. The van der Waals surface area contributed by atoms with Crippen LogP contribution in [0.2, 0.25) is 0 Å². The number of hydrogen-bond donors (Lipinski definition) is 1. The summed E-state index contributed by atoms with van der Waals surface area (Å²) in [6, 6.07) is 6.17. The number of carbonyl (C=O) groups excluding carboxylic acids is 1. The van der Waals surface area contributed by atoms with Crippen molar-refractivity contribution < 1.29 is 4.79 Å². The van der Waals surface area contributed by atoms with E-state index >= 15 is 0 Å². The Morgan fingerprint density at radius 1 is 1.05 bits per heavy atom. The zero-order valence-corrected chi connectivity index (χ0v) is 13.1. The summed E-state index contributed by atoms with van der Waals surface area (Å²) in [6.45, 7) is 13.4. The SMILES string of the molecule is CCC(C)(C)c1cccc(N[C]=O)c1C(C)(C)CC. The highest BCUT2D eigenvalue weighted by Crippen LogP contribution is 2.41. The molecule has 19 heavy (non-hydrogen) atoms. The molecule has 0 atom stereocenters. The second-order valence-electron chi connectivity index (χ2n) is 6.43. The highest BCUT2D eigenvalue weighted by Gasteiger charge is 2.30. The third-order valence-electron chi connectivity index (χ3n) is 4.42. The molecule has 0 spiro atoms. The van der Waals surface area contributed by atoms with Crippen molar-refractivity contribution in [3.8, 4) is 0 Å². The number of hydrogen-bond acceptors (Lipinski definition) is 1. The van der Waals surface area contributed by atoms with E-state index in [1.165, 1.54) is 11.1 Å². The summed E-state index contributed by atoms with van der Waals surface area (Å²) in [5.41, 5.74) is 3.58. The fourth-order valence-electron chi connectivity index (χ4n) is 2.37. The van der Waals surface area contributed by atoms with Crippen LogP contribution in [0, 0.1) is 0 Å². The van der Waals surface area contributed by atoms with Crippen molar-refractivity contribution in [3.63, 3.8) is 0 Å². The molecule has 2 heteroatoms. The van der Waals surface area contributed by atoms with Gasteiger partial charge in [0.05, 0.1) is 0 Å². The van der Waals surface area contributed by atoms with Gasteiger partial charge in [0.2, 0.25) is 0 Å². The van der Waals surface area contributed by atoms with Gasteiger partial charge < -0.3 is 5.32 Å². The van der Waals surface area contributed by atoms with E-state index in [1.807, 2.05) is 18.5 Å². The number of anilines is 1. The minimum Gasteiger partial charge on any atom is -0.317 e. The highest BCUT2D eigenvalue weighted by molar-refractivity contribution is 5.76. The topological polar surface area (TPSA) is 29.1 Å². The van der Waals surface area contributed by atoms with Gasteiger partial charge in [0.15, 0.2) is 0 Å². The summed E-state index contributed by atoms with van der Waals surface area (Å²) >= 11 is 0. The zero-order valence-electron chi connectivity index (χ0n) is 13.1. The summed E-state index contributed by atoms with van der Waals surface area (Å²) in [5.74, 6) is 0. The molecule has 1 amide bonds. The number of amides is 1. The molecule has 1 radical (unpaired) electrons. The monoisotopic (exact) mass is 260 g/mol. The van der Waals surface area contributed by atoms with Crippen LogP contribution in [-0.4, -0.2) is 6.41 Å². The molecule has 0 saturated carbocycles. The predicted octanol–water partition coefficient (Wildman–Crippen LogP) is 4.54. The van der Waals surface area contributed by atoms with Crippen LogP contribution in [0.4, 0.5) is 5.69 Å². The van der Waals surface area contributed by atoms with Crippen molar-refractivity contribution in [2.24, 2.45) is 0 Å². The summed E-state index contributed by atoms with van der Waals surface area (Å²) in [5, 5.41) is 2.75. The molecular formula is C17H26NO. The lowest BCUT2D eigenvalue weighted by atomic mass is 9.71. The average molecular weight is 260 g/mol. The van der Waals surface area contributed by atoms with E-state index in [2.05, 4.69) is 52.9 Å². The van der Waals surface area contributed by atoms with Gasteiger partial charge in [-0.2, -0.15) is 0 Å². The fraction of sp³-hybridized carbons (Fsp3) is 0.588. The largest absolute Gasteiger partial charge is 0.317 e. The number of nitrogens with one attached hydrogen (secondary N) is 1. The molecule has 1 aromatic carbocycles. The minimum absolute atomic E-state index is 0.0300. The Morgan fingerprint density at radius 2 is 1.63 bits per heavy atom. The van der Waals surface area contributed by atoms with Gasteiger partial charge in [-0.05, 0) is 40.9 Å². The molecule has 0 aliphatic heterocycles. The van der Waals surface area contributed by atoms with Crippen LogP contribution < -0.4 is 5.32 Å². The third kappa shape index (κ3) is 3.17. The second kappa shape index (κ2) is 5.77. The predicted molar refractivity (Wildman–Crippen MR) is 82.4 cm³/mol. The standard InChI is InChI=1S/C17H26NO/c1-7-16(3,4)13-10-9-11-14(18-12-19)15(13)17(5,6)8-2/h9-11H,7-8H2,1-6H3,(H,18,19). The van der Waals surface area contributed by atoms with Crippen LogP contribution in [0.3, 0.4) is 0 Å². The lowest BCUT2D eigenvalue weighted by Crippen LogP contribution is -2.27. The van der Waals surface area contributed by atoms with Gasteiger partial charge in [-0.25, -0.2) is 0 Å². The van der Waals surface area contributed by atoms with E-state index < -0.39 is 0 Å². The molecule has 0 saturated heterocycles. The Hall–Kier alpha value is -1.31. The Balaban J connectivity index is 3.56. The van der Waals surface area contributed by atoms with Gasteiger partial charge in [-0.15, -0.1) is 0 Å². The van der Waals surface area contributed by atoms with Crippen molar-refractivity contribution in [2.75, 3.05) is 5.32 Å². The molecule has 0 heterocycles. The smallest absolute Gasteiger partial charge is 0.314 e. The molecule has 0 aromatic heterocycles. The first-order valence-corrected chi connectivity index (χ1v) is 7.07. The van der Waals surface area contributed by atoms with Crippen LogP contribution in [0.25, 0.3) is 0 Å². The molecule has 2 nitrogen and oxygen atoms in total. The van der Waals surface area contributed by atoms with E-state index in [0.717, 1.165) is 18.5 Å². The summed E-state index contributed by atoms with van der Waals surface area (Å²) in [7, 11) is 0. The normalized spacial score (nSPS) is 12.3. The first-order valence-electron chi connectivity index (χ1n) is 7.07. The Kier molecular flexibility index (Phi) is 4.78. The molecule has 0 aliphatic carbocycles. The van der Waals surface area contributed by atoms with Crippen molar-refractivity contribution in [1.29, 1.82) is 0 Å². The lowest BCUT2D eigenvalue weighted by molar-refractivity contribution is 0.457. The summed E-state index contributed by atoms with van der Waals surface area (Å²) in [4.78, 5) is 10.7. The van der Waals surface area contributed by atoms with Crippen LogP contribution in [0.5, 0.6) is 0 Å². The van der Waals surface area contributed by atoms with Crippen LogP contribution in [-0.2, 0) is 15.6 Å². The minimum atomic E-state index is 0.0300. The van der Waals surface area contributed by atoms with Gasteiger partial charge in [-0.3, -0.25) is 4.79 Å². The van der Waals surface area contributed by atoms with Crippen molar-refractivity contribution in [2.45, 2.75) is 65.2 Å². The Bertz CT molecular complexity index is 447. The highest BCUT2D eigenvalue weighted by atomic mass is 16.1. The van der Waals surface area contributed by atoms with Crippen LogP contribution in [0.15, 0.2) is 18.2 Å². The van der Waals surface area contributed by atoms with Crippen molar-refractivity contribution in [3.05, 3.63) is 29.3 Å². The van der Waals surface area contributed by atoms with Gasteiger partial charge in [0.1, 0.15) is 0 Å². The Morgan fingerprint density at radius 3 is 2.11 bits per heavy atom. The molecule has 0 unspecified atom stereocenters. The Labute approximate surface area is 117 Å². The second-order valence-corrected chi connectivity index (χ2v) is 6.43. The first-order chi connectivity index (χ1) is 8.80. The third-order valence-corrected chi connectivity index (χ3v) is 4.42. The zero-order chi connectivity index (χ0) is 14.7. The molecule has 0 fully saturated rings. The molecule has 0 bridgehead atoms. The van der Waals surface area contributed by atoms with Crippen molar-refractivity contribution >= 4 is 12.1 Å². The van der Waals surface area contributed by atoms with E-state index in [-0.39, 0.29) is 10.8 Å². The molecule has 105 valence electrons. The van der Waals surface area contributed by atoms with Crippen molar-refractivity contribution in [1.82, 2.24) is 0 Å². The van der Waals surface area contributed by atoms with E-state index in [4.69, 9.17) is 0 Å². The van der Waals surface area contributed by atoms with E-state index in [0.29, 0.717) is 0 Å². The fourth-order valence-corrected chi connectivity index (χ4v) is 2.37. The van der Waals surface area contributed by atoms with Crippen LogP contribution >= 0.6 is 0 Å². The number of benzene rings is 1. The summed E-state index contributed by atoms with van der Waals surface area (Å²) in [6.07, 6.45) is 3.91. The molecular weight excluding hydrogens is 234 g/mol. The van der Waals surface area contributed by atoms with Crippen LogP contribution in [0.1, 0.15) is 65.5 Å². The lowest BCUT2D eigenvalue weighted by Gasteiger charge is -2.35. The maximum Gasteiger partial charge on any atom is 0.314 e. The maximum absolute atomic E-state index is 10.7. The van der Waals surface area contributed by atoms with Gasteiger partial charge in [0, 0.05) is 5.69 Å². The molecule has 1 aromatic rings. The molecule has 1 rings (SSSR count). The van der Waals surface area contributed by atoms with Gasteiger partial charge >= 0.3 is 6.41 Å². The van der Waals surface area contributed by atoms with E-state index in [9.17, 15) is 4.79 Å².